The van der Waals surface area contributed by atoms with Gasteiger partial charge in [-0.1, -0.05) is 47.7 Å². The second kappa shape index (κ2) is 7.33. The summed E-state index contributed by atoms with van der Waals surface area (Å²) in [6.45, 7) is 2.41. The minimum atomic E-state index is -3.33. The van der Waals surface area contributed by atoms with Gasteiger partial charge >= 0.3 is 0 Å². The fourth-order valence-corrected chi connectivity index (χ4v) is 5.04. The van der Waals surface area contributed by atoms with Crippen LogP contribution in [-0.2, 0) is 16.4 Å². The van der Waals surface area contributed by atoms with E-state index in [4.69, 9.17) is 4.98 Å². The fourth-order valence-electron chi connectivity index (χ4n) is 3.10. The molecular formula is C21H19N3O2S2. The Morgan fingerprint density at radius 2 is 1.71 bits per heavy atom. The van der Waals surface area contributed by atoms with E-state index in [1.165, 1.54) is 17.6 Å². The SMILES string of the molecule is Cc1ccnc2sc(N(Cc3ccccc3S(C)(=O)=O)c3ccccc3)nc12. The van der Waals surface area contributed by atoms with E-state index < -0.39 is 9.84 Å². The molecule has 0 radical (unpaired) electrons. The number of pyridine rings is 1. The molecule has 2 aromatic heterocycles. The quantitative estimate of drug-likeness (QED) is 0.476. The molecule has 28 heavy (non-hydrogen) atoms. The molecule has 0 atom stereocenters. The number of sulfone groups is 1. The number of aryl methyl sites for hydroxylation is 1. The van der Waals surface area contributed by atoms with Crippen LogP contribution in [0.15, 0.2) is 71.8 Å². The second-order valence-corrected chi connectivity index (χ2v) is 9.52. The molecule has 0 spiro atoms. The molecule has 2 aromatic carbocycles. The highest BCUT2D eigenvalue weighted by Crippen LogP contribution is 2.35. The number of aromatic nitrogens is 2. The zero-order valence-corrected chi connectivity index (χ0v) is 17.2. The lowest BCUT2D eigenvalue weighted by Gasteiger charge is -2.23. The van der Waals surface area contributed by atoms with Crippen LogP contribution < -0.4 is 4.90 Å². The summed E-state index contributed by atoms with van der Waals surface area (Å²) in [5.41, 5.74) is 3.62. The number of fused-ring (bicyclic) bond motifs is 1. The standard InChI is InChI=1S/C21H19N3O2S2/c1-15-12-13-22-20-19(15)23-21(27-20)24(17-9-4-3-5-10-17)14-16-8-6-7-11-18(16)28(2,25)26/h3-13H,14H2,1-2H3. The van der Waals surface area contributed by atoms with Gasteiger partial charge in [0.25, 0.3) is 0 Å². The van der Waals surface area contributed by atoms with Crippen LogP contribution in [0.5, 0.6) is 0 Å². The van der Waals surface area contributed by atoms with Gasteiger partial charge in [0.2, 0.25) is 0 Å². The Labute approximate surface area is 168 Å². The lowest BCUT2D eigenvalue weighted by Crippen LogP contribution is -2.18. The highest BCUT2D eigenvalue weighted by Gasteiger charge is 2.20. The maximum absolute atomic E-state index is 12.3. The molecule has 4 rings (SSSR count). The molecule has 0 unspecified atom stereocenters. The van der Waals surface area contributed by atoms with Crippen LogP contribution in [0.25, 0.3) is 10.3 Å². The third-order valence-electron chi connectivity index (χ3n) is 4.49. The number of anilines is 2. The van der Waals surface area contributed by atoms with Crippen molar-refractivity contribution in [3.63, 3.8) is 0 Å². The Morgan fingerprint density at radius 3 is 2.43 bits per heavy atom. The van der Waals surface area contributed by atoms with Crippen LogP contribution in [-0.4, -0.2) is 24.6 Å². The molecule has 7 heteroatoms. The Kier molecular flexibility index (Phi) is 4.87. The Balaban J connectivity index is 1.85. The van der Waals surface area contributed by atoms with Gasteiger partial charge in [-0.25, -0.2) is 18.4 Å². The van der Waals surface area contributed by atoms with E-state index in [0.717, 1.165) is 32.3 Å². The van der Waals surface area contributed by atoms with Crippen molar-refractivity contribution in [2.75, 3.05) is 11.2 Å². The van der Waals surface area contributed by atoms with Crippen LogP contribution in [0.4, 0.5) is 10.8 Å². The molecule has 0 aliphatic carbocycles. The van der Waals surface area contributed by atoms with E-state index in [0.29, 0.717) is 11.4 Å². The summed E-state index contributed by atoms with van der Waals surface area (Å²) in [4.78, 5) is 12.5. The summed E-state index contributed by atoms with van der Waals surface area (Å²) >= 11 is 1.50. The van der Waals surface area contributed by atoms with Crippen molar-refractivity contribution in [3.8, 4) is 0 Å². The molecule has 0 aliphatic rings. The van der Waals surface area contributed by atoms with Gasteiger partial charge in [-0.15, -0.1) is 0 Å². The van der Waals surface area contributed by atoms with E-state index >= 15 is 0 Å². The summed E-state index contributed by atoms with van der Waals surface area (Å²) in [7, 11) is -3.33. The van der Waals surface area contributed by atoms with Crippen molar-refractivity contribution in [1.82, 2.24) is 9.97 Å². The van der Waals surface area contributed by atoms with Crippen molar-refractivity contribution in [2.24, 2.45) is 0 Å². The molecule has 142 valence electrons. The van der Waals surface area contributed by atoms with E-state index in [-0.39, 0.29) is 0 Å². The molecule has 5 nitrogen and oxygen atoms in total. The summed E-state index contributed by atoms with van der Waals surface area (Å²) in [6, 6.07) is 18.9. The van der Waals surface area contributed by atoms with Gasteiger partial charge in [-0.3, -0.25) is 0 Å². The van der Waals surface area contributed by atoms with Crippen LogP contribution in [0.3, 0.4) is 0 Å². The van der Waals surface area contributed by atoms with Crippen molar-refractivity contribution >= 4 is 42.3 Å². The molecule has 0 fully saturated rings. The molecule has 0 saturated heterocycles. The van der Waals surface area contributed by atoms with Gasteiger partial charge in [-0.2, -0.15) is 0 Å². The predicted molar refractivity (Wildman–Crippen MR) is 114 cm³/mol. The number of nitrogens with zero attached hydrogens (tertiary/aromatic N) is 3. The number of benzene rings is 2. The lowest BCUT2D eigenvalue weighted by atomic mass is 10.2. The maximum Gasteiger partial charge on any atom is 0.192 e. The zero-order valence-electron chi connectivity index (χ0n) is 15.5. The molecule has 0 N–H and O–H groups in total. The predicted octanol–water partition coefficient (Wildman–Crippen LogP) is 4.74. The molecule has 2 heterocycles. The Hall–Kier alpha value is -2.77. The number of hydrogen-bond acceptors (Lipinski definition) is 6. The number of hydrogen-bond donors (Lipinski definition) is 0. The van der Waals surface area contributed by atoms with Crippen molar-refractivity contribution in [1.29, 1.82) is 0 Å². The zero-order chi connectivity index (χ0) is 19.7. The Morgan fingerprint density at radius 1 is 1.00 bits per heavy atom. The first-order valence-corrected chi connectivity index (χ1v) is 11.5. The summed E-state index contributed by atoms with van der Waals surface area (Å²) in [5.74, 6) is 0. The minimum absolute atomic E-state index is 0.339. The lowest BCUT2D eigenvalue weighted by molar-refractivity contribution is 0.600. The Bertz CT molecular complexity index is 1230. The number of para-hydroxylation sites is 1. The molecule has 4 aromatic rings. The molecule has 0 aliphatic heterocycles. The largest absolute Gasteiger partial charge is 0.313 e. The van der Waals surface area contributed by atoms with E-state index in [1.54, 1.807) is 18.3 Å². The summed E-state index contributed by atoms with van der Waals surface area (Å²) in [5, 5.41) is 0.784. The number of rotatable bonds is 5. The third-order valence-corrected chi connectivity index (χ3v) is 6.67. The van der Waals surface area contributed by atoms with Crippen LogP contribution in [0.1, 0.15) is 11.1 Å². The summed E-state index contributed by atoms with van der Waals surface area (Å²) < 4.78 is 24.5. The fraction of sp³-hybridized carbons (Fsp3) is 0.143. The van der Waals surface area contributed by atoms with Gasteiger partial charge in [-0.05, 0) is 42.3 Å². The van der Waals surface area contributed by atoms with Crippen molar-refractivity contribution in [3.05, 3.63) is 78.0 Å². The van der Waals surface area contributed by atoms with Gasteiger partial charge in [0, 0.05) is 18.1 Å². The normalized spacial score (nSPS) is 11.6. The van der Waals surface area contributed by atoms with Gasteiger partial charge < -0.3 is 4.90 Å². The first-order chi connectivity index (χ1) is 13.4. The van der Waals surface area contributed by atoms with Crippen molar-refractivity contribution < 1.29 is 8.42 Å². The van der Waals surface area contributed by atoms with Crippen LogP contribution in [0, 0.1) is 6.92 Å². The molecule has 0 amide bonds. The van der Waals surface area contributed by atoms with E-state index in [2.05, 4.69) is 4.98 Å². The average molecular weight is 410 g/mol. The second-order valence-electron chi connectivity index (χ2n) is 6.58. The van der Waals surface area contributed by atoms with Gasteiger partial charge in [0.1, 0.15) is 10.3 Å². The monoisotopic (exact) mass is 409 g/mol. The minimum Gasteiger partial charge on any atom is -0.313 e. The van der Waals surface area contributed by atoms with E-state index in [1.807, 2.05) is 60.4 Å². The average Bonchev–Trinajstić information content (AvgIpc) is 3.12. The van der Waals surface area contributed by atoms with Gasteiger partial charge in [0.05, 0.1) is 11.4 Å². The van der Waals surface area contributed by atoms with Crippen LogP contribution >= 0.6 is 11.3 Å². The van der Waals surface area contributed by atoms with Crippen LogP contribution in [0.2, 0.25) is 0 Å². The molecular weight excluding hydrogens is 390 g/mol. The number of thiazole rings is 1. The first kappa shape index (κ1) is 18.6. The highest BCUT2D eigenvalue weighted by atomic mass is 32.2. The smallest absolute Gasteiger partial charge is 0.192 e. The summed E-state index contributed by atoms with van der Waals surface area (Å²) in [6.07, 6.45) is 3.02. The topological polar surface area (TPSA) is 63.2 Å². The van der Waals surface area contributed by atoms with Crippen molar-refractivity contribution in [2.45, 2.75) is 18.4 Å². The molecule has 0 saturated carbocycles. The first-order valence-electron chi connectivity index (χ1n) is 8.76. The van der Waals surface area contributed by atoms with Gasteiger partial charge in [0.15, 0.2) is 15.0 Å². The van der Waals surface area contributed by atoms with E-state index in [9.17, 15) is 8.42 Å². The molecule has 0 bridgehead atoms. The highest BCUT2D eigenvalue weighted by molar-refractivity contribution is 7.90. The third kappa shape index (κ3) is 3.63. The maximum atomic E-state index is 12.3.